The van der Waals surface area contributed by atoms with Crippen molar-refractivity contribution >= 4 is 17.8 Å². The second-order valence-electron chi connectivity index (χ2n) is 8.27. The third kappa shape index (κ3) is 8.26. The molecule has 2 rings (SSSR count). The van der Waals surface area contributed by atoms with Crippen LogP contribution in [0, 0.1) is 0 Å². The minimum absolute atomic E-state index is 0.174. The minimum Gasteiger partial charge on any atom is -0.497 e. The Hall–Kier alpha value is -2.77. The van der Waals surface area contributed by atoms with Crippen LogP contribution in [0.15, 0.2) is 18.2 Å². The lowest BCUT2D eigenvalue weighted by atomic mass is 10.1. The monoisotopic (exact) mass is 462 g/mol. The van der Waals surface area contributed by atoms with Gasteiger partial charge in [-0.2, -0.15) is 0 Å². The van der Waals surface area contributed by atoms with E-state index in [1.54, 1.807) is 18.2 Å². The fourth-order valence-electron chi connectivity index (χ4n) is 3.93. The predicted octanol–water partition coefficient (Wildman–Crippen LogP) is 3.72. The van der Waals surface area contributed by atoms with Gasteiger partial charge in [0.05, 0.1) is 32.8 Å². The number of ether oxygens (including phenoxy) is 3. The summed E-state index contributed by atoms with van der Waals surface area (Å²) in [4.78, 5) is 39.5. The maximum Gasteiger partial charge on any atom is 0.308 e. The number of nitrogens with zero attached hydrogens (tertiary/aromatic N) is 1. The number of amides is 2. The first-order valence-electron chi connectivity index (χ1n) is 12.0. The number of rotatable bonds is 14. The number of hydrogen-bond donors (Lipinski definition) is 1. The molecule has 8 nitrogen and oxygen atoms in total. The highest BCUT2D eigenvalue weighted by Crippen LogP contribution is 2.27. The minimum atomic E-state index is -0.913. The first-order valence-corrected chi connectivity index (χ1v) is 12.0. The third-order valence-electron chi connectivity index (χ3n) is 5.85. The summed E-state index contributed by atoms with van der Waals surface area (Å²) in [6.07, 6.45) is 9.07. The summed E-state index contributed by atoms with van der Waals surface area (Å²) in [5.74, 6) is -0.293. The standard InChI is InChI=1S/C25H38N2O6/c1-4-5-6-7-8-9-10-11-16-33-23(28)18-21-24(29)26-14-15-27(21)25(30)20-13-12-19(31-2)17-22(20)32-3/h12-13,17,21H,4-11,14-16,18H2,1-3H3,(H,26,29). The number of nitrogens with one attached hydrogen (secondary N) is 1. The lowest BCUT2D eigenvalue weighted by Gasteiger charge is -2.34. The van der Waals surface area contributed by atoms with Crippen LogP contribution in [0.25, 0.3) is 0 Å². The summed E-state index contributed by atoms with van der Waals surface area (Å²) in [5, 5.41) is 2.73. The van der Waals surface area contributed by atoms with E-state index in [1.165, 1.54) is 51.2 Å². The molecule has 33 heavy (non-hydrogen) atoms. The average molecular weight is 463 g/mol. The second-order valence-corrected chi connectivity index (χ2v) is 8.27. The quantitative estimate of drug-likeness (QED) is 0.335. The molecule has 1 unspecified atom stereocenters. The molecule has 1 fully saturated rings. The van der Waals surface area contributed by atoms with E-state index < -0.39 is 12.0 Å². The van der Waals surface area contributed by atoms with Crippen molar-refractivity contribution in [3.63, 3.8) is 0 Å². The number of hydrogen-bond acceptors (Lipinski definition) is 6. The second kappa shape index (κ2) is 14.4. The Morgan fingerprint density at radius 1 is 1.03 bits per heavy atom. The summed E-state index contributed by atoms with van der Waals surface area (Å²) >= 11 is 0. The van der Waals surface area contributed by atoms with Gasteiger partial charge in [-0.25, -0.2) is 0 Å². The molecule has 0 aromatic heterocycles. The van der Waals surface area contributed by atoms with Crippen molar-refractivity contribution in [2.24, 2.45) is 0 Å². The van der Waals surface area contributed by atoms with Crippen LogP contribution in [0.4, 0.5) is 0 Å². The highest BCUT2D eigenvalue weighted by atomic mass is 16.5. The van der Waals surface area contributed by atoms with Crippen molar-refractivity contribution in [3.05, 3.63) is 23.8 Å². The fourth-order valence-corrected chi connectivity index (χ4v) is 3.93. The molecule has 0 saturated carbocycles. The highest BCUT2D eigenvalue weighted by molar-refractivity contribution is 6.01. The molecule has 1 heterocycles. The van der Waals surface area contributed by atoms with Gasteiger partial charge in [0.1, 0.15) is 17.5 Å². The van der Waals surface area contributed by atoms with Gasteiger partial charge in [0.2, 0.25) is 5.91 Å². The number of esters is 1. The topological polar surface area (TPSA) is 94.2 Å². The summed E-state index contributed by atoms with van der Waals surface area (Å²) in [7, 11) is 3.00. The number of methoxy groups -OCH3 is 2. The zero-order valence-corrected chi connectivity index (χ0v) is 20.2. The third-order valence-corrected chi connectivity index (χ3v) is 5.85. The number of unbranched alkanes of at least 4 members (excludes halogenated alkanes) is 7. The van der Waals surface area contributed by atoms with Gasteiger partial charge < -0.3 is 24.4 Å². The Bertz CT molecular complexity index is 782. The van der Waals surface area contributed by atoms with Crippen LogP contribution in [0.5, 0.6) is 11.5 Å². The lowest BCUT2D eigenvalue weighted by Crippen LogP contribution is -2.57. The molecule has 0 bridgehead atoms. The van der Waals surface area contributed by atoms with Crippen molar-refractivity contribution in [2.75, 3.05) is 33.9 Å². The SMILES string of the molecule is CCCCCCCCCCOC(=O)CC1C(=O)NCCN1C(=O)c1ccc(OC)cc1OC. The van der Waals surface area contributed by atoms with E-state index in [2.05, 4.69) is 12.2 Å². The van der Waals surface area contributed by atoms with Crippen LogP contribution in [-0.4, -0.2) is 62.6 Å². The van der Waals surface area contributed by atoms with Crippen molar-refractivity contribution in [3.8, 4) is 11.5 Å². The molecular formula is C25H38N2O6. The Kier molecular flexibility index (Phi) is 11.6. The van der Waals surface area contributed by atoms with Gasteiger partial charge in [0, 0.05) is 19.2 Å². The maximum atomic E-state index is 13.2. The zero-order chi connectivity index (χ0) is 24.1. The molecule has 1 N–H and O–H groups in total. The molecular weight excluding hydrogens is 424 g/mol. The molecule has 0 radical (unpaired) electrons. The molecule has 1 aliphatic heterocycles. The van der Waals surface area contributed by atoms with Gasteiger partial charge in [-0.3, -0.25) is 14.4 Å². The Labute approximate surface area is 196 Å². The number of benzene rings is 1. The van der Waals surface area contributed by atoms with Gasteiger partial charge in [0.15, 0.2) is 0 Å². The molecule has 8 heteroatoms. The van der Waals surface area contributed by atoms with Gasteiger partial charge in [-0.15, -0.1) is 0 Å². The Morgan fingerprint density at radius 2 is 1.73 bits per heavy atom. The Morgan fingerprint density at radius 3 is 2.39 bits per heavy atom. The first-order chi connectivity index (χ1) is 16.0. The van der Waals surface area contributed by atoms with Gasteiger partial charge in [-0.1, -0.05) is 51.9 Å². The highest BCUT2D eigenvalue weighted by Gasteiger charge is 2.36. The van der Waals surface area contributed by atoms with E-state index in [0.717, 1.165) is 19.3 Å². The molecule has 1 atom stereocenters. The van der Waals surface area contributed by atoms with Crippen LogP contribution < -0.4 is 14.8 Å². The van der Waals surface area contributed by atoms with E-state index in [1.807, 2.05) is 0 Å². The van der Waals surface area contributed by atoms with Gasteiger partial charge in [0.25, 0.3) is 5.91 Å². The predicted molar refractivity (Wildman–Crippen MR) is 126 cm³/mol. The molecule has 1 aromatic rings. The molecule has 1 saturated heterocycles. The molecule has 1 aromatic carbocycles. The molecule has 0 spiro atoms. The van der Waals surface area contributed by atoms with E-state index in [4.69, 9.17) is 14.2 Å². The molecule has 0 aliphatic carbocycles. The average Bonchev–Trinajstić information content (AvgIpc) is 2.83. The Balaban J connectivity index is 1.87. The van der Waals surface area contributed by atoms with Crippen molar-refractivity contribution in [1.82, 2.24) is 10.2 Å². The van der Waals surface area contributed by atoms with Crippen molar-refractivity contribution in [2.45, 2.75) is 70.8 Å². The number of piperazine rings is 1. The summed E-state index contributed by atoms with van der Waals surface area (Å²) in [5.41, 5.74) is 0.310. The van der Waals surface area contributed by atoms with E-state index >= 15 is 0 Å². The summed E-state index contributed by atoms with van der Waals surface area (Å²) < 4.78 is 15.9. The molecule has 1 aliphatic rings. The van der Waals surface area contributed by atoms with Crippen LogP contribution in [-0.2, 0) is 14.3 Å². The molecule has 2 amide bonds. The van der Waals surface area contributed by atoms with Crippen LogP contribution in [0.3, 0.4) is 0 Å². The number of carbonyl (C=O) groups is 3. The van der Waals surface area contributed by atoms with Crippen LogP contribution in [0.2, 0.25) is 0 Å². The van der Waals surface area contributed by atoms with Crippen LogP contribution >= 0.6 is 0 Å². The number of carbonyl (C=O) groups excluding carboxylic acids is 3. The van der Waals surface area contributed by atoms with Crippen molar-refractivity contribution in [1.29, 1.82) is 0 Å². The van der Waals surface area contributed by atoms with E-state index in [-0.39, 0.29) is 18.2 Å². The lowest BCUT2D eigenvalue weighted by molar-refractivity contribution is -0.147. The van der Waals surface area contributed by atoms with Gasteiger partial charge >= 0.3 is 5.97 Å². The smallest absolute Gasteiger partial charge is 0.308 e. The van der Waals surface area contributed by atoms with Crippen molar-refractivity contribution < 1.29 is 28.6 Å². The normalized spacial score (nSPS) is 15.7. The van der Waals surface area contributed by atoms with Gasteiger partial charge in [-0.05, 0) is 18.6 Å². The zero-order valence-electron chi connectivity index (χ0n) is 20.2. The van der Waals surface area contributed by atoms with E-state index in [9.17, 15) is 14.4 Å². The first kappa shape index (κ1) is 26.5. The van der Waals surface area contributed by atoms with E-state index in [0.29, 0.717) is 36.8 Å². The summed E-state index contributed by atoms with van der Waals surface area (Å²) in [6.45, 7) is 3.17. The largest absolute Gasteiger partial charge is 0.497 e. The maximum absolute atomic E-state index is 13.2. The fraction of sp³-hybridized carbons (Fsp3) is 0.640. The summed E-state index contributed by atoms with van der Waals surface area (Å²) in [6, 6.07) is 3.96. The molecule has 184 valence electrons. The van der Waals surface area contributed by atoms with Crippen LogP contribution in [0.1, 0.15) is 75.1 Å².